The average Bonchev–Trinajstić information content (AvgIpc) is 2.60. The predicted molar refractivity (Wildman–Crippen MR) is 93.3 cm³/mol. The lowest BCUT2D eigenvalue weighted by atomic mass is 9.91. The first-order valence-electron chi connectivity index (χ1n) is 8.28. The van der Waals surface area contributed by atoms with E-state index in [0.717, 1.165) is 24.3 Å². The van der Waals surface area contributed by atoms with Crippen molar-refractivity contribution >= 4 is 11.9 Å². The highest BCUT2D eigenvalue weighted by Crippen LogP contribution is 2.31. The Kier molecular flexibility index (Phi) is 6.94. The van der Waals surface area contributed by atoms with Gasteiger partial charge in [0.25, 0.3) is 0 Å². The quantitative estimate of drug-likeness (QED) is 0.241. The molecule has 28 heavy (non-hydrogen) atoms. The predicted octanol–water partition coefficient (Wildman–Crippen LogP) is -0.686. The minimum absolute atomic E-state index is 0.146. The van der Waals surface area contributed by atoms with Gasteiger partial charge in [-0.15, -0.1) is 0 Å². The van der Waals surface area contributed by atoms with Crippen LogP contribution < -0.4 is 0 Å². The number of esters is 2. The van der Waals surface area contributed by atoms with Crippen molar-refractivity contribution in [1.29, 1.82) is 0 Å². The molecule has 10 heteroatoms. The molecule has 0 aliphatic carbocycles. The lowest BCUT2D eigenvalue weighted by molar-refractivity contribution is -0.367. The summed E-state index contributed by atoms with van der Waals surface area (Å²) in [5.74, 6) is -8.16. The van der Waals surface area contributed by atoms with Crippen molar-refractivity contribution in [1.82, 2.24) is 0 Å². The monoisotopic (exact) mass is 402 g/mol. The minimum Gasteiger partial charge on any atom is -0.404 e. The zero-order chi connectivity index (χ0) is 22.0. The molecule has 1 rings (SSSR count). The van der Waals surface area contributed by atoms with Crippen molar-refractivity contribution in [2.45, 2.75) is 39.6 Å². The summed E-state index contributed by atoms with van der Waals surface area (Å²) in [6.45, 7) is 3.72. The molecule has 0 radical (unpaired) electrons. The third-order valence-corrected chi connectivity index (χ3v) is 4.38. The molecule has 158 valence electrons. The van der Waals surface area contributed by atoms with Gasteiger partial charge >= 0.3 is 23.9 Å². The van der Waals surface area contributed by atoms with Crippen molar-refractivity contribution in [2.24, 2.45) is 10.8 Å². The summed E-state index contributed by atoms with van der Waals surface area (Å²) in [7, 11) is 0. The molecule has 0 atom stereocenters. The van der Waals surface area contributed by atoms with Crippen LogP contribution in [-0.2, 0) is 9.47 Å². The number of ether oxygens (including phenoxy) is 2. The largest absolute Gasteiger partial charge is 0.404 e. The molecular formula is C18H26O10. The third kappa shape index (κ3) is 5.04. The van der Waals surface area contributed by atoms with Gasteiger partial charge in [0, 0.05) is 0 Å². The van der Waals surface area contributed by atoms with Crippen molar-refractivity contribution in [3.05, 3.63) is 35.4 Å². The summed E-state index contributed by atoms with van der Waals surface area (Å²) < 4.78 is 9.22. The van der Waals surface area contributed by atoms with Gasteiger partial charge < -0.3 is 40.1 Å². The van der Waals surface area contributed by atoms with Crippen LogP contribution in [0.5, 0.6) is 0 Å². The Hall–Kier alpha value is -2.08. The first-order chi connectivity index (χ1) is 12.6. The fourth-order valence-corrected chi connectivity index (χ4v) is 1.60. The summed E-state index contributed by atoms with van der Waals surface area (Å²) in [4.78, 5) is 24.1. The number of carbonyl (C=O) groups excluding carboxylic acids is 2. The normalized spacial score (nSPS) is 13.2. The number of aliphatic hydroxyl groups is 6. The van der Waals surface area contributed by atoms with Crippen LogP contribution in [0.4, 0.5) is 0 Å². The number of benzene rings is 1. The van der Waals surface area contributed by atoms with Crippen LogP contribution in [0.3, 0.4) is 0 Å². The molecule has 0 aromatic heterocycles. The van der Waals surface area contributed by atoms with Crippen LogP contribution in [0.1, 0.15) is 48.4 Å². The van der Waals surface area contributed by atoms with E-state index in [-0.39, 0.29) is 11.1 Å². The number of rotatable bonds is 8. The summed E-state index contributed by atoms with van der Waals surface area (Å²) in [6.07, 6.45) is 0. The summed E-state index contributed by atoms with van der Waals surface area (Å²) >= 11 is 0. The van der Waals surface area contributed by atoms with Gasteiger partial charge in [-0.05, 0) is 52.0 Å². The number of carbonyl (C=O) groups is 2. The van der Waals surface area contributed by atoms with Gasteiger partial charge in [-0.3, -0.25) is 0 Å². The second kappa shape index (κ2) is 8.11. The molecule has 1 aromatic rings. The van der Waals surface area contributed by atoms with Crippen LogP contribution in [0, 0.1) is 10.8 Å². The van der Waals surface area contributed by atoms with Crippen molar-refractivity contribution in [3.8, 4) is 0 Å². The van der Waals surface area contributed by atoms with E-state index in [1.807, 2.05) is 0 Å². The van der Waals surface area contributed by atoms with Crippen molar-refractivity contribution < 1.29 is 49.7 Å². The highest BCUT2D eigenvalue weighted by molar-refractivity contribution is 5.93. The molecule has 1 aromatic carbocycles. The van der Waals surface area contributed by atoms with Gasteiger partial charge in [-0.25, -0.2) is 9.59 Å². The molecule has 0 saturated heterocycles. The summed E-state index contributed by atoms with van der Waals surface area (Å²) in [5.41, 5.74) is -3.41. The number of aliphatic hydroxyl groups excluding tert-OH is 2. The van der Waals surface area contributed by atoms with Crippen LogP contribution in [-0.4, -0.2) is 67.7 Å². The Labute approximate surface area is 161 Å². The zero-order valence-corrected chi connectivity index (χ0v) is 16.0. The second-order valence-corrected chi connectivity index (χ2v) is 7.66. The van der Waals surface area contributed by atoms with Crippen molar-refractivity contribution in [3.63, 3.8) is 0 Å². The highest BCUT2D eigenvalue weighted by Gasteiger charge is 2.47. The van der Waals surface area contributed by atoms with Crippen molar-refractivity contribution in [2.75, 3.05) is 13.2 Å². The number of hydrogen-bond donors (Lipinski definition) is 6. The fourth-order valence-electron chi connectivity index (χ4n) is 1.60. The van der Waals surface area contributed by atoms with Crippen LogP contribution in [0.15, 0.2) is 24.3 Å². The molecule has 0 fully saturated rings. The van der Waals surface area contributed by atoms with Gasteiger partial charge in [0.2, 0.25) is 0 Å². The zero-order valence-electron chi connectivity index (χ0n) is 16.0. The smallest absolute Gasteiger partial charge is 0.342 e. The first-order valence-corrected chi connectivity index (χ1v) is 8.28. The van der Waals surface area contributed by atoms with Gasteiger partial charge in [0.15, 0.2) is 0 Å². The molecule has 0 aliphatic rings. The van der Waals surface area contributed by atoms with Gasteiger partial charge in [-0.2, -0.15) is 0 Å². The standard InChI is InChI=1S/C18H26O10/c1-15(2,9-19)17(23,24)27-13(21)11-5-7-12(8-6-11)14(22)28-18(25,26)16(3,4)10-20/h5-8,19-20,23-26H,9-10H2,1-4H3. The maximum Gasteiger partial charge on any atom is 0.342 e. The minimum atomic E-state index is -2.94. The van der Waals surface area contributed by atoms with E-state index in [4.69, 9.17) is 10.2 Å². The van der Waals surface area contributed by atoms with Gasteiger partial charge in [0.1, 0.15) is 0 Å². The maximum atomic E-state index is 12.1. The first kappa shape index (κ1) is 24.0. The van der Waals surface area contributed by atoms with Crippen LogP contribution in [0.25, 0.3) is 0 Å². The molecule has 0 amide bonds. The molecule has 0 saturated carbocycles. The molecule has 6 N–H and O–H groups in total. The van der Waals surface area contributed by atoms with E-state index in [9.17, 15) is 30.0 Å². The highest BCUT2D eigenvalue weighted by atomic mass is 16.8. The second-order valence-electron chi connectivity index (χ2n) is 7.66. The van der Waals surface area contributed by atoms with Crippen LogP contribution >= 0.6 is 0 Å². The molecule has 0 unspecified atom stereocenters. The summed E-state index contributed by atoms with van der Waals surface area (Å²) in [5, 5.41) is 57.7. The molecular weight excluding hydrogens is 376 g/mol. The summed E-state index contributed by atoms with van der Waals surface area (Å²) in [6, 6.07) is 4.48. The Morgan fingerprint density at radius 2 is 0.964 bits per heavy atom. The maximum absolute atomic E-state index is 12.1. The molecule has 0 bridgehead atoms. The topological polar surface area (TPSA) is 174 Å². The fraction of sp³-hybridized carbons (Fsp3) is 0.556. The SMILES string of the molecule is CC(C)(CO)C(O)(O)OC(=O)c1ccc(C(=O)OC(O)(O)C(C)(C)CO)cc1. The van der Waals surface area contributed by atoms with Gasteiger partial charge in [0.05, 0.1) is 35.2 Å². The van der Waals surface area contributed by atoms with Gasteiger partial charge in [-0.1, -0.05) is 0 Å². The molecule has 0 spiro atoms. The molecule has 0 aliphatic heterocycles. The Morgan fingerprint density at radius 1 is 0.714 bits per heavy atom. The van der Waals surface area contributed by atoms with Crippen LogP contribution in [0.2, 0.25) is 0 Å². The van der Waals surface area contributed by atoms with E-state index in [1.165, 1.54) is 27.7 Å². The van der Waals surface area contributed by atoms with E-state index >= 15 is 0 Å². The van der Waals surface area contributed by atoms with E-state index in [0.29, 0.717) is 0 Å². The number of hydrogen-bond acceptors (Lipinski definition) is 10. The lowest BCUT2D eigenvalue weighted by Gasteiger charge is -2.35. The van der Waals surface area contributed by atoms with E-state index in [1.54, 1.807) is 0 Å². The Bertz CT molecular complexity index is 643. The molecule has 10 nitrogen and oxygen atoms in total. The average molecular weight is 402 g/mol. The Balaban J connectivity index is 2.91. The molecule has 0 heterocycles. The van der Waals surface area contributed by atoms with E-state index < -0.39 is 47.9 Å². The lowest BCUT2D eigenvalue weighted by Crippen LogP contribution is -2.50. The van der Waals surface area contributed by atoms with E-state index in [2.05, 4.69) is 9.47 Å². The Morgan fingerprint density at radius 3 is 1.18 bits per heavy atom. The third-order valence-electron chi connectivity index (χ3n) is 4.38.